The minimum atomic E-state index is -6.01. The summed E-state index contributed by atoms with van der Waals surface area (Å²) in [5.41, 5.74) is -0.853. The van der Waals surface area contributed by atoms with Gasteiger partial charge in [-0.3, -0.25) is 0 Å². The molecule has 1 N–H and O–H groups in total. The van der Waals surface area contributed by atoms with E-state index in [0.29, 0.717) is 0 Å². The Labute approximate surface area is 132 Å². The number of hydrogen-bond donors (Lipinski definition) is 1. The van der Waals surface area contributed by atoms with Gasteiger partial charge in [0.15, 0.2) is 6.10 Å². The Hall–Kier alpha value is -1.72. The van der Waals surface area contributed by atoms with E-state index in [1.54, 1.807) is 20.8 Å². The van der Waals surface area contributed by atoms with Gasteiger partial charge in [-0.05, 0) is 20.8 Å². The highest BCUT2D eigenvalue weighted by Crippen LogP contribution is 2.50. The summed E-state index contributed by atoms with van der Waals surface area (Å²) < 4.78 is 88.2. The second-order valence-corrected chi connectivity index (χ2v) is 5.86. The number of hydrogen-bond acceptors (Lipinski definition) is 5. The average Bonchev–Trinajstić information content (AvgIpc) is 2.64. The smallest absolute Gasteiger partial charge is 0.444 e. The van der Waals surface area contributed by atoms with E-state index in [4.69, 9.17) is 4.74 Å². The second-order valence-electron chi connectivity index (χ2n) is 5.86. The maximum absolute atomic E-state index is 12.7. The number of rotatable bonds is 3. The number of esters is 1. The Morgan fingerprint density at radius 1 is 1.17 bits per heavy atom. The lowest BCUT2D eigenvalue weighted by atomic mass is 10.2. The predicted molar refractivity (Wildman–Crippen MR) is 64.7 cm³/mol. The second kappa shape index (κ2) is 6.30. The molecular formula is C12H15F6NO5. The predicted octanol–water partition coefficient (Wildman–Crippen LogP) is 2.66. The highest BCUT2D eigenvalue weighted by molar-refractivity contribution is 5.77. The fourth-order valence-electron chi connectivity index (χ4n) is 1.69. The van der Waals surface area contributed by atoms with E-state index in [1.165, 1.54) is 0 Å². The van der Waals surface area contributed by atoms with Gasteiger partial charge in [0, 0.05) is 13.0 Å². The standard InChI is InChI=1S/C12H15F6NO5/c1-9(2,3)24-8(21)19-5-4-6-7(20)23-10(22-6,11(13,14)15)12(16,17)18/h6H,4-5H2,1-3H3,(H,19,21)/t6-/m0/s1. The van der Waals surface area contributed by atoms with E-state index in [-0.39, 0.29) is 0 Å². The maximum Gasteiger partial charge on any atom is 0.465 e. The van der Waals surface area contributed by atoms with Crippen LogP contribution in [0.15, 0.2) is 0 Å². The summed E-state index contributed by atoms with van der Waals surface area (Å²) in [5.74, 6) is -6.83. The monoisotopic (exact) mass is 367 g/mol. The molecule has 1 aliphatic heterocycles. The third kappa shape index (κ3) is 4.42. The Balaban J connectivity index is 2.70. The number of nitrogens with one attached hydrogen (secondary N) is 1. The van der Waals surface area contributed by atoms with Crippen LogP contribution in [0.2, 0.25) is 0 Å². The third-order valence-electron chi connectivity index (χ3n) is 2.64. The van der Waals surface area contributed by atoms with Crippen molar-refractivity contribution < 1.29 is 50.1 Å². The molecule has 0 aromatic carbocycles. The molecule has 0 unspecified atom stereocenters. The molecule has 12 heteroatoms. The molecule has 24 heavy (non-hydrogen) atoms. The molecule has 0 bridgehead atoms. The van der Waals surface area contributed by atoms with E-state index in [1.807, 2.05) is 0 Å². The molecular weight excluding hydrogens is 352 g/mol. The highest BCUT2D eigenvalue weighted by Gasteiger charge is 2.80. The van der Waals surface area contributed by atoms with E-state index >= 15 is 0 Å². The molecule has 1 atom stereocenters. The summed E-state index contributed by atoms with van der Waals surface area (Å²) in [7, 11) is 0. The highest BCUT2D eigenvalue weighted by atomic mass is 19.4. The van der Waals surface area contributed by atoms with Gasteiger partial charge in [0.25, 0.3) is 0 Å². The largest absolute Gasteiger partial charge is 0.465 e. The number of alkyl halides is 6. The minimum Gasteiger partial charge on any atom is -0.444 e. The van der Waals surface area contributed by atoms with E-state index in [0.717, 1.165) is 0 Å². The molecule has 1 heterocycles. The zero-order valence-electron chi connectivity index (χ0n) is 12.8. The Morgan fingerprint density at radius 2 is 1.67 bits per heavy atom. The molecule has 0 aliphatic carbocycles. The van der Waals surface area contributed by atoms with Crippen molar-refractivity contribution in [1.29, 1.82) is 0 Å². The third-order valence-corrected chi connectivity index (χ3v) is 2.64. The topological polar surface area (TPSA) is 73.9 Å². The van der Waals surface area contributed by atoms with Gasteiger partial charge >= 0.3 is 30.2 Å². The Bertz CT molecular complexity index is 482. The molecule has 1 amide bonds. The van der Waals surface area contributed by atoms with Crippen molar-refractivity contribution in [2.45, 2.75) is 57.0 Å². The van der Waals surface area contributed by atoms with Gasteiger partial charge in [0.05, 0.1) is 0 Å². The van der Waals surface area contributed by atoms with Crippen LogP contribution in [0.1, 0.15) is 27.2 Å². The Morgan fingerprint density at radius 3 is 2.04 bits per heavy atom. The van der Waals surface area contributed by atoms with E-state index in [9.17, 15) is 35.9 Å². The summed E-state index contributed by atoms with van der Waals surface area (Å²) >= 11 is 0. The molecule has 0 spiro atoms. The van der Waals surface area contributed by atoms with Crippen molar-refractivity contribution in [3.05, 3.63) is 0 Å². The van der Waals surface area contributed by atoms with Crippen LogP contribution in [-0.2, 0) is 19.0 Å². The van der Waals surface area contributed by atoms with Gasteiger partial charge in [-0.1, -0.05) is 0 Å². The first-order valence-electron chi connectivity index (χ1n) is 6.60. The van der Waals surface area contributed by atoms with Crippen molar-refractivity contribution in [1.82, 2.24) is 5.32 Å². The van der Waals surface area contributed by atoms with Crippen LogP contribution in [0, 0.1) is 0 Å². The molecule has 0 saturated carbocycles. The molecule has 0 radical (unpaired) electrons. The molecule has 1 saturated heterocycles. The Kier molecular flexibility index (Phi) is 5.33. The molecule has 1 aliphatic rings. The zero-order chi connectivity index (χ0) is 19.0. The van der Waals surface area contributed by atoms with E-state index < -0.39 is 54.9 Å². The fraction of sp³-hybridized carbons (Fsp3) is 0.833. The zero-order valence-corrected chi connectivity index (χ0v) is 12.8. The van der Waals surface area contributed by atoms with Crippen molar-refractivity contribution in [2.75, 3.05) is 6.54 Å². The normalized spacial score (nSPS) is 21.4. The number of carbonyl (C=O) groups excluding carboxylic acids is 2. The number of halogens is 6. The average molecular weight is 367 g/mol. The first-order chi connectivity index (χ1) is 10.6. The first kappa shape index (κ1) is 20.3. The van der Waals surface area contributed by atoms with Crippen molar-refractivity contribution in [3.8, 4) is 0 Å². The quantitative estimate of drug-likeness (QED) is 0.613. The SMILES string of the molecule is CC(C)(C)OC(=O)NCC[C@@H]1OC(C(F)(F)F)(C(F)(F)F)OC1=O. The van der Waals surface area contributed by atoms with Gasteiger partial charge in [-0.15, -0.1) is 0 Å². The number of cyclic esters (lactones) is 1. The summed E-state index contributed by atoms with van der Waals surface area (Å²) in [5, 5.41) is 2.08. The molecule has 6 nitrogen and oxygen atoms in total. The van der Waals surface area contributed by atoms with Crippen LogP contribution in [0.4, 0.5) is 31.1 Å². The van der Waals surface area contributed by atoms with Crippen molar-refractivity contribution >= 4 is 12.1 Å². The van der Waals surface area contributed by atoms with Gasteiger partial charge in [0.2, 0.25) is 0 Å². The number of ether oxygens (including phenoxy) is 3. The van der Waals surface area contributed by atoms with Gasteiger partial charge in [0.1, 0.15) is 5.60 Å². The van der Waals surface area contributed by atoms with Crippen LogP contribution >= 0.6 is 0 Å². The first-order valence-corrected chi connectivity index (χ1v) is 6.60. The van der Waals surface area contributed by atoms with E-state index in [2.05, 4.69) is 14.8 Å². The molecule has 140 valence electrons. The van der Waals surface area contributed by atoms with Crippen LogP contribution in [0.3, 0.4) is 0 Å². The lowest BCUT2D eigenvalue weighted by molar-refractivity contribution is -0.439. The molecule has 1 fully saturated rings. The fourth-order valence-corrected chi connectivity index (χ4v) is 1.69. The summed E-state index contributed by atoms with van der Waals surface area (Å²) in [6, 6.07) is 0. The van der Waals surface area contributed by atoms with Crippen molar-refractivity contribution in [2.24, 2.45) is 0 Å². The maximum atomic E-state index is 12.7. The number of alkyl carbamates (subject to hydrolysis) is 1. The molecule has 1 rings (SSSR count). The van der Waals surface area contributed by atoms with Crippen molar-refractivity contribution in [3.63, 3.8) is 0 Å². The van der Waals surface area contributed by atoms with Crippen LogP contribution in [0.25, 0.3) is 0 Å². The molecule has 0 aromatic heterocycles. The lowest BCUT2D eigenvalue weighted by Crippen LogP contribution is -2.58. The number of amides is 1. The number of carbonyl (C=O) groups is 2. The van der Waals surface area contributed by atoms with Crippen LogP contribution < -0.4 is 5.32 Å². The van der Waals surface area contributed by atoms with Gasteiger partial charge < -0.3 is 19.5 Å². The summed E-state index contributed by atoms with van der Waals surface area (Å²) in [6.45, 7) is 4.18. The summed E-state index contributed by atoms with van der Waals surface area (Å²) in [6.07, 6.45) is -15.8. The minimum absolute atomic E-state index is 0.458. The summed E-state index contributed by atoms with van der Waals surface area (Å²) in [4.78, 5) is 22.6. The molecule has 0 aromatic rings. The lowest BCUT2D eigenvalue weighted by Gasteiger charge is -2.30. The van der Waals surface area contributed by atoms with Gasteiger partial charge in [-0.2, -0.15) is 26.3 Å². The van der Waals surface area contributed by atoms with Crippen LogP contribution in [-0.4, -0.2) is 48.5 Å². The van der Waals surface area contributed by atoms with Crippen LogP contribution in [0.5, 0.6) is 0 Å². The van der Waals surface area contributed by atoms with Gasteiger partial charge in [-0.25, -0.2) is 9.59 Å².